The monoisotopic (exact) mass is 475 g/mol. The summed E-state index contributed by atoms with van der Waals surface area (Å²) in [6.45, 7) is 1.34. The number of ether oxygens (including phenoxy) is 2. The molecule has 1 N–H and O–H groups in total. The highest BCUT2D eigenvalue weighted by Crippen LogP contribution is 2.27. The van der Waals surface area contributed by atoms with Gasteiger partial charge in [-0.2, -0.15) is 21.6 Å². The van der Waals surface area contributed by atoms with Crippen molar-refractivity contribution in [3.05, 3.63) is 65.7 Å². The highest BCUT2D eigenvalue weighted by Gasteiger charge is 2.48. The van der Waals surface area contributed by atoms with E-state index in [4.69, 9.17) is 9.47 Å². The molecule has 0 spiro atoms. The van der Waals surface area contributed by atoms with Gasteiger partial charge in [-0.15, -0.1) is 0 Å². The van der Waals surface area contributed by atoms with Crippen LogP contribution in [0.4, 0.5) is 18.0 Å². The third kappa shape index (κ3) is 6.61. The van der Waals surface area contributed by atoms with Crippen LogP contribution in [0.2, 0.25) is 0 Å². The van der Waals surface area contributed by atoms with Crippen molar-refractivity contribution in [2.24, 2.45) is 0 Å². The lowest BCUT2D eigenvalue weighted by atomic mass is 9.93. The molecule has 1 atom stereocenters. The summed E-state index contributed by atoms with van der Waals surface area (Å²) < 4.78 is 73.3. The maximum absolute atomic E-state index is 12.4. The average molecular weight is 475 g/mol. The fourth-order valence-electron chi connectivity index (χ4n) is 2.62. The molecule has 12 heteroatoms. The van der Waals surface area contributed by atoms with Gasteiger partial charge in [0.15, 0.2) is 0 Å². The van der Waals surface area contributed by atoms with Crippen LogP contribution in [-0.2, 0) is 37.4 Å². The summed E-state index contributed by atoms with van der Waals surface area (Å²) in [5.41, 5.74) is -6.05. The van der Waals surface area contributed by atoms with Crippen molar-refractivity contribution in [1.82, 2.24) is 5.32 Å². The summed E-state index contributed by atoms with van der Waals surface area (Å²) in [7, 11) is -4.69. The number of nitrogens with one attached hydrogen (secondary N) is 1. The molecule has 0 aromatic heterocycles. The second-order valence-corrected chi connectivity index (χ2v) is 8.35. The molecule has 0 aliphatic rings. The van der Waals surface area contributed by atoms with Crippen LogP contribution in [0, 0.1) is 0 Å². The van der Waals surface area contributed by atoms with E-state index in [9.17, 15) is 31.2 Å². The van der Waals surface area contributed by atoms with Crippen LogP contribution >= 0.6 is 0 Å². The molecule has 1 amide bonds. The molecule has 0 heterocycles. The minimum absolute atomic E-state index is 0.0381. The quantitative estimate of drug-likeness (QED) is 0.355. The molecule has 2 aromatic carbocycles. The fraction of sp³-hybridized carbons (Fsp3) is 0.300. The van der Waals surface area contributed by atoms with E-state index in [0.717, 1.165) is 24.8 Å². The third-order valence-electron chi connectivity index (χ3n) is 4.20. The molecule has 0 bridgehead atoms. The molecule has 0 fully saturated rings. The number of amides is 1. The van der Waals surface area contributed by atoms with Crippen LogP contribution in [0.3, 0.4) is 0 Å². The molecule has 174 valence electrons. The number of carbonyl (C=O) groups is 2. The number of hydrogen-bond acceptors (Lipinski definition) is 7. The molecular formula is C20H20F3NO7S. The van der Waals surface area contributed by atoms with Crippen molar-refractivity contribution in [3.8, 4) is 5.75 Å². The predicted molar refractivity (Wildman–Crippen MR) is 106 cm³/mol. The zero-order valence-electron chi connectivity index (χ0n) is 17.0. The Labute approximate surface area is 182 Å². The summed E-state index contributed by atoms with van der Waals surface area (Å²) in [6.07, 6.45) is -1.02. The number of methoxy groups -OCH3 is 1. The summed E-state index contributed by atoms with van der Waals surface area (Å²) in [4.78, 5) is 24.5. The largest absolute Gasteiger partial charge is 0.534 e. The van der Waals surface area contributed by atoms with Gasteiger partial charge in [0.25, 0.3) is 0 Å². The van der Waals surface area contributed by atoms with Crippen LogP contribution in [0.15, 0.2) is 54.6 Å². The Bertz CT molecular complexity index is 1040. The third-order valence-corrected chi connectivity index (χ3v) is 5.18. The summed E-state index contributed by atoms with van der Waals surface area (Å²) in [6, 6.07) is 13.3. The van der Waals surface area contributed by atoms with Crippen LogP contribution in [0.25, 0.3) is 0 Å². The Morgan fingerprint density at radius 1 is 0.969 bits per heavy atom. The first-order valence-corrected chi connectivity index (χ1v) is 10.4. The van der Waals surface area contributed by atoms with Crippen molar-refractivity contribution in [2.45, 2.75) is 31.0 Å². The first-order valence-electron chi connectivity index (χ1n) is 9.03. The first kappa shape index (κ1) is 25.0. The van der Waals surface area contributed by atoms with Gasteiger partial charge >= 0.3 is 27.7 Å². The first-order chi connectivity index (χ1) is 14.9. The Morgan fingerprint density at radius 3 is 2.09 bits per heavy atom. The number of esters is 1. The SMILES string of the molecule is COC(=O)[C@](C)(Cc1ccc(OS(=O)(=O)C(F)(F)F)cc1)NC(=O)OCc1ccccc1. The zero-order chi connectivity index (χ0) is 24.0. The van der Waals surface area contributed by atoms with Gasteiger partial charge in [0.1, 0.15) is 17.9 Å². The molecular weight excluding hydrogens is 455 g/mol. The van der Waals surface area contributed by atoms with Gasteiger partial charge in [0.2, 0.25) is 0 Å². The Morgan fingerprint density at radius 2 is 1.56 bits per heavy atom. The van der Waals surface area contributed by atoms with E-state index in [-0.39, 0.29) is 13.0 Å². The fourth-order valence-corrected chi connectivity index (χ4v) is 3.08. The van der Waals surface area contributed by atoms with E-state index in [1.165, 1.54) is 19.1 Å². The van der Waals surface area contributed by atoms with Crippen LogP contribution in [0.5, 0.6) is 5.75 Å². The average Bonchev–Trinajstić information content (AvgIpc) is 2.72. The van der Waals surface area contributed by atoms with Gasteiger partial charge in [0, 0.05) is 6.42 Å². The summed E-state index contributed by atoms with van der Waals surface area (Å²) in [5, 5.41) is 2.42. The Kier molecular flexibility index (Phi) is 7.73. The summed E-state index contributed by atoms with van der Waals surface area (Å²) in [5.74, 6) is -1.37. The Balaban J connectivity index is 2.09. The van der Waals surface area contributed by atoms with Crippen LogP contribution in [0.1, 0.15) is 18.1 Å². The lowest BCUT2D eigenvalue weighted by Crippen LogP contribution is -2.54. The standard InChI is InChI=1S/C20H20F3NO7S/c1-19(17(25)29-2,24-18(26)30-13-15-6-4-3-5-7-15)12-14-8-10-16(11-9-14)31-32(27,28)20(21,22)23/h3-11H,12-13H2,1-2H3,(H,24,26)/t19-/m0/s1. The van der Waals surface area contributed by atoms with Gasteiger partial charge in [0.05, 0.1) is 7.11 Å². The molecule has 0 radical (unpaired) electrons. The molecule has 0 saturated heterocycles. The number of hydrogen-bond donors (Lipinski definition) is 1. The number of halogens is 3. The minimum Gasteiger partial charge on any atom is -0.467 e. The van der Waals surface area contributed by atoms with E-state index in [1.54, 1.807) is 30.3 Å². The van der Waals surface area contributed by atoms with Gasteiger partial charge in [-0.1, -0.05) is 42.5 Å². The topological polar surface area (TPSA) is 108 Å². The van der Waals surface area contributed by atoms with Gasteiger partial charge in [-0.3, -0.25) is 0 Å². The second-order valence-electron chi connectivity index (χ2n) is 6.81. The lowest BCUT2D eigenvalue weighted by molar-refractivity contribution is -0.147. The van der Waals surface area contributed by atoms with E-state index in [2.05, 4.69) is 9.50 Å². The molecule has 8 nitrogen and oxygen atoms in total. The zero-order valence-corrected chi connectivity index (χ0v) is 17.8. The maximum Gasteiger partial charge on any atom is 0.534 e. The second kappa shape index (κ2) is 9.90. The molecule has 0 aliphatic heterocycles. The van der Waals surface area contributed by atoms with Crippen molar-refractivity contribution in [3.63, 3.8) is 0 Å². The number of rotatable bonds is 8. The molecule has 2 aromatic rings. The minimum atomic E-state index is -5.81. The van der Waals surface area contributed by atoms with Gasteiger partial charge in [-0.05, 0) is 30.2 Å². The van der Waals surface area contributed by atoms with E-state index < -0.39 is 39.0 Å². The Hall–Kier alpha value is -3.28. The number of alkyl carbamates (subject to hydrolysis) is 1. The van der Waals surface area contributed by atoms with Crippen molar-refractivity contribution in [2.75, 3.05) is 7.11 Å². The van der Waals surface area contributed by atoms with Crippen molar-refractivity contribution < 1.29 is 44.8 Å². The van der Waals surface area contributed by atoms with Gasteiger partial charge < -0.3 is 19.0 Å². The van der Waals surface area contributed by atoms with E-state index in [1.807, 2.05) is 0 Å². The van der Waals surface area contributed by atoms with E-state index >= 15 is 0 Å². The number of alkyl halides is 3. The van der Waals surface area contributed by atoms with Crippen LogP contribution < -0.4 is 9.50 Å². The van der Waals surface area contributed by atoms with E-state index in [0.29, 0.717) is 5.56 Å². The predicted octanol–water partition coefficient (Wildman–Crippen LogP) is 3.32. The summed E-state index contributed by atoms with van der Waals surface area (Å²) >= 11 is 0. The molecule has 2 rings (SSSR count). The molecule has 0 unspecified atom stereocenters. The highest BCUT2D eigenvalue weighted by molar-refractivity contribution is 7.88. The normalized spacial score (nSPS) is 13.5. The maximum atomic E-state index is 12.4. The highest BCUT2D eigenvalue weighted by atomic mass is 32.2. The van der Waals surface area contributed by atoms with Crippen molar-refractivity contribution in [1.29, 1.82) is 0 Å². The molecule has 32 heavy (non-hydrogen) atoms. The van der Waals surface area contributed by atoms with Crippen molar-refractivity contribution >= 4 is 22.2 Å². The van der Waals surface area contributed by atoms with Gasteiger partial charge in [-0.25, -0.2) is 9.59 Å². The van der Waals surface area contributed by atoms with Crippen LogP contribution in [-0.4, -0.2) is 38.6 Å². The lowest BCUT2D eigenvalue weighted by Gasteiger charge is -2.27. The molecule has 0 saturated carbocycles. The smallest absolute Gasteiger partial charge is 0.467 e. The number of carbonyl (C=O) groups excluding carboxylic acids is 2. The number of benzene rings is 2. The molecule has 0 aliphatic carbocycles.